The molecule has 1 atom stereocenters. The number of carbonyl (C=O) groups is 1. The Morgan fingerprint density at radius 1 is 1.50 bits per heavy atom. The lowest BCUT2D eigenvalue weighted by Gasteiger charge is -2.15. The number of nitrogens with zero attached hydrogens (tertiary/aromatic N) is 2. The van der Waals surface area contributed by atoms with E-state index in [1.807, 2.05) is 38.4 Å². The molecule has 1 aromatic rings. The molecular weight excluding hydrogens is 230 g/mol. The molecule has 0 aliphatic carbocycles. The largest absolute Gasteiger partial charge is 0.391 e. The third-order valence-corrected chi connectivity index (χ3v) is 2.93. The van der Waals surface area contributed by atoms with Crippen molar-refractivity contribution in [3.63, 3.8) is 0 Å². The van der Waals surface area contributed by atoms with Gasteiger partial charge in [0.15, 0.2) is 0 Å². The second-order valence-electron chi connectivity index (χ2n) is 5.02. The van der Waals surface area contributed by atoms with Gasteiger partial charge >= 0.3 is 0 Å². The minimum absolute atomic E-state index is 0.0535. The van der Waals surface area contributed by atoms with Gasteiger partial charge in [-0.1, -0.05) is 13.8 Å². The summed E-state index contributed by atoms with van der Waals surface area (Å²) in [4.78, 5) is 11.6. The minimum atomic E-state index is -0.484. The van der Waals surface area contributed by atoms with Crippen LogP contribution in [0, 0.1) is 19.8 Å². The van der Waals surface area contributed by atoms with E-state index in [0.717, 1.165) is 11.4 Å². The van der Waals surface area contributed by atoms with Crippen LogP contribution in [0.15, 0.2) is 6.07 Å². The average Bonchev–Trinajstić information content (AvgIpc) is 2.61. The van der Waals surface area contributed by atoms with Gasteiger partial charge in [0.25, 0.3) is 0 Å². The van der Waals surface area contributed by atoms with Gasteiger partial charge in [-0.25, -0.2) is 0 Å². The molecule has 18 heavy (non-hydrogen) atoms. The number of hydrogen-bond acceptors (Lipinski definition) is 3. The molecule has 5 heteroatoms. The summed E-state index contributed by atoms with van der Waals surface area (Å²) in [6.07, 6.45) is -0.102. The molecule has 0 fully saturated rings. The molecule has 0 bridgehead atoms. The van der Waals surface area contributed by atoms with Gasteiger partial charge in [-0.15, -0.1) is 0 Å². The Labute approximate surface area is 108 Å². The summed E-state index contributed by atoms with van der Waals surface area (Å²) in [5, 5.41) is 16.6. The van der Waals surface area contributed by atoms with Crippen molar-refractivity contribution in [3.05, 3.63) is 17.5 Å². The fraction of sp³-hybridized carbons (Fsp3) is 0.692. The van der Waals surface area contributed by atoms with Gasteiger partial charge in [0.05, 0.1) is 11.8 Å². The normalized spacial score (nSPS) is 12.8. The lowest BCUT2D eigenvalue weighted by Crippen LogP contribution is -2.35. The van der Waals surface area contributed by atoms with E-state index in [1.165, 1.54) is 0 Å². The molecule has 1 heterocycles. The smallest absolute Gasteiger partial charge is 0.221 e. The summed E-state index contributed by atoms with van der Waals surface area (Å²) in [7, 11) is 0. The summed E-state index contributed by atoms with van der Waals surface area (Å²) in [6, 6.07) is 1.99. The van der Waals surface area contributed by atoms with Crippen LogP contribution in [0.25, 0.3) is 0 Å². The van der Waals surface area contributed by atoms with E-state index in [9.17, 15) is 9.90 Å². The van der Waals surface area contributed by atoms with Crippen LogP contribution in [-0.4, -0.2) is 33.4 Å². The summed E-state index contributed by atoms with van der Waals surface area (Å²) >= 11 is 0. The van der Waals surface area contributed by atoms with Crippen molar-refractivity contribution in [1.82, 2.24) is 15.1 Å². The minimum Gasteiger partial charge on any atom is -0.391 e. The maximum atomic E-state index is 11.6. The molecule has 1 aromatic heterocycles. The molecule has 1 rings (SSSR count). The average molecular weight is 253 g/mol. The van der Waals surface area contributed by atoms with Crippen LogP contribution in [0.4, 0.5) is 0 Å². The van der Waals surface area contributed by atoms with E-state index in [4.69, 9.17) is 0 Å². The molecule has 0 spiro atoms. The first kappa shape index (κ1) is 14.7. The molecule has 1 unspecified atom stereocenters. The molecule has 0 aliphatic rings. The second-order valence-corrected chi connectivity index (χ2v) is 5.02. The number of amides is 1. The van der Waals surface area contributed by atoms with E-state index in [0.29, 0.717) is 19.5 Å². The van der Waals surface area contributed by atoms with Crippen LogP contribution in [-0.2, 0) is 11.3 Å². The maximum Gasteiger partial charge on any atom is 0.221 e. The van der Waals surface area contributed by atoms with Gasteiger partial charge < -0.3 is 10.4 Å². The predicted octanol–water partition coefficient (Wildman–Crippen LogP) is 1.02. The molecular formula is C13H23N3O2. The summed E-state index contributed by atoms with van der Waals surface area (Å²) in [6.45, 7) is 8.64. The van der Waals surface area contributed by atoms with Gasteiger partial charge in [-0.3, -0.25) is 9.48 Å². The Morgan fingerprint density at radius 2 is 2.17 bits per heavy atom. The third kappa shape index (κ3) is 4.49. The number of nitrogens with one attached hydrogen (secondary N) is 1. The number of hydrogen-bond donors (Lipinski definition) is 2. The first-order valence-corrected chi connectivity index (χ1v) is 6.36. The predicted molar refractivity (Wildman–Crippen MR) is 70.2 cm³/mol. The van der Waals surface area contributed by atoms with E-state index >= 15 is 0 Å². The Bertz CT molecular complexity index is 399. The van der Waals surface area contributed by atoms with E-state index < -0.39 is 6.10 Å². The number of rotatable bonds is 6. The SMILES string of the molecule is Cc1cc(C)n(CCC(=O)NCC(O)C(C)C)n1. The van der Waals surface area contributed by atoms with Crippen LogP contribution < -0.4 is 5.32 Å². The van der Waals surface area contributed by atoms with Crippen molar-refractivity contribution in [2.24, 2.45) is 5.92 Å². The summed E-state index contributed by atoms with van der Waals surface area (Å²) in [5.41, 5.74) is 2.02. The lowest BCUT2D eigenvalue weighted by molar-refractivity contribution is -0.121. The van der Waals surface area contributed by atoms with E-state index in [1.54, 1.807) is 0 Å². The number of aliphatic hydroxyl groups excluding tert-OH is 1. The van der Waals surface area contributed by atoms with Gasteiger partial charge in [0.2, 0.25) is 5.91 Å². The zero-order valence-corrected chi connectivity index (χ0v) is 11.6. The van der Waals surface area contributed by atoms with E-state index in [2.05, 4.69) is 10.4 Å². The lowest BCUT2D eigenvalue weighted by atomic mass is 10.1. The Morgan fingerprint density at radius 3 is 2.67 bits per heavy atom. The number of aromatic nitrogens is 2. The molecule has 5 nitrogen and oxygen atoms in total. The van der Waals surface area contributed by atoms with Gasteiger partial charge in [-0.2, -0.15) is 5.10 Å². The van der Waals surface area contributed by atoms with Crippen LogP contribution in [0.5, 0.6) is 0 Å². The van der Waals surface area contributed by atoms with Crippen LogP contribution in [0.1, 0.15) is 31.7 Å². The Hall–Kier alpha value is -1.36. The third-order valence-electron chi connectivity index (χ3n) is 2.93. The molecule has 1 amide bonds. The molecule has 0 aliphatic heterocycles. The highest BCUT2D eigenvalue weighted by Gasteiger charge is 2.11. The fourth-order valence-corrected chi connectivity index (χ4v) is 1.65. The Kier molecular flexibility index (Phi) is 5.34. The van der Waals surface area contributed by atoms with Crippen molar-refractivity contribution in [2.75, 3.05) is 6.54 Å². The quantitative estimate of drug-likeness (QED) is 0.795. The summed E-state index contributed by atoms with van der Waals surface area (Å²) < 4.78 is 1.83. The highest BCUT2D eigenvalue weighted by atomic mass is 16.3. The number of aliphatic hydroxyl groups is 1. The van der Waals surface area contributed by atoms with Crippen molar-refractivity contribution in [1.29, 1.82) is 0 Å². The van der Waals surface area contributed by atoms with Crippen LogP contribution in [0.2, 0.25) is 0 Å². The first-order valence-electron chi connectivity index (χ1n) is 6.36. The fourth-order valence-electron chi connectivity index (χ4n) is 1.65. The molecule has 0 aromatic carbocycles. The molecule has 0 saturated heterocycles. The summed E-state index contributed by atoms with van der Waals surface area (Å²) in [5.74, 6) is 0.101. The van der Waals surface area contributed by atoms with Crippen LogP contribution >= 0.6 is 0 Å². The van der Waals surface area contributed by atoms with Crippen molar-refractivity contribution in [2.45, 2.75) is 46.8 Å². The zero-order valence-electron chi connectivity index (χ0n) is 11.6. The zero-order chi connectivity index (χ0) is 13.7. The van der Waals surface area contributed by atoms with Crippen molar-refractivity contribution >= 4 is 5.91 Å². The Balaban J connectivity index is 2.31. The van der Waals surface area contributed by atoms with Gasteiger partial charge in [0, 0.05) is 25.2 Å². The van der Waals surface area contributed by atoms with E-state index in [-0.39, 0.29) is 11.8 Å². The van der Waals surface area contributed by atoms with Crippen LogP contribution in [0.3, 0.4) is 0 Å². The van der Waals surface area contributed by atoms with Gasteiger partial charge in [0.1, 0.15) is 0 Å². The molecule has 0 saturated carbocycles. The van der Waals surface area contributed by atoms with Crippen molar-refractivity contribution in [3.8, 4) is 0 Å². The molecule has 2 N–H and O–H groups in total. The molecule has 102 valence electrons. The van der Waals surface area contributed by atoms with Crippen molar-refractivity contribution < 1.29 is 9.90 Å². The highest BCUT2D eigenvalue weighted by molar-refractivity contribution is 5.75. The molecule has 0 radical (unpaired) electrons. The monoisotopic (exact) mass is 253 g/mol. The first-order chi connectivity index (χ1) is 8.40. The van der Waals surface area contributed by atoms with Gasteiger partial charge in [-0.05, 0) is 25.8 Å². The number of aryl methyl sites for hydroxylation is 3. The number of carbonyl (C=O) groups excluding carboxylic acids is 1. The standard InChI is InChI=1S/C13H23N3O2/c1-9(2)12(17)8-14-13(18)5-6-16-11(4)7-10(3)15-16/h7,9,12,17H,5-6,8H2,1-4H3,(H,14,18). The second kappa shape index (κ2) is 6.54. The maximum absolute atomic E-state index is 11.6. The topological polar surface area (TPSA) is 67.2 Å². The highest BCUT2D eigenvalue weighted by Crippen LogP contribution is 2.03.